The quantitative estimate of drug-likeness (QED) is 0.147. The Kier molecular flexibility index (Phi) is 10.8. The Morgan fingerprint density at radius 3 is 2.51 bits per heavy atom. The van der Waals surface area contributed by atoms with Crippen LogP contribution in [0.5, 0.6) is 0 Å². The van der Waals surface area contributed by atoms with Gasteiger partial charge in [0.15, 0.2) is 0 Å². The molecular weight excluding hydrogens is 596 g/mol. The van der Waals surface area contributed by atoms with Crippen LogP contribution in [0.25, 0.3) is 0 Å². The average molecular weight is 627 g/mol. The maximum Gasteiger partial charge on any atom is 0.411 e. The number of hydrogen-bond acceptors (Lipinski definition) is 9. The summed E-state index contributed by atoms with van der Waals surface area (Å²) in [6.45, 7) is 3.75. The second-order valence-electron chi connectivity index (χ2n) is 9.66. The van der Waals surface area contributed by atoms with Crippen molar-refractivity contribution in [2.75, 3.05) is 23.4 Å². The van der Waals surface area contributed by atoms with Gasteiger partial charge in [-0.25, -0.2) is 9.59 Å². The number of hydrogen-bond donors (Lipinski definition) is 4. The lowest BCUT2D eigenvalue weighted by atomic mass is 10.0. The predicted octanol–water partition coefficient (Wildman–Crippen LogP) is 3.21. The van der Waals surface area contributed by atoms with Crippen LogP contribution in [0.4, 0.5) is 10.5 Å². The standard InChI is InChI=1S/C29H30N4O8S2/c1-17-10-11-22(25(35)30-17)33-26(36)19-8-5-9-20(24(19)27(33)37)32-29(40)41-13-15-43-42-14-12-23(34)31-21(28(38)39)16-18-6-3-2-4-7-18/h2-9,21-22H,1,10-16H2,(H,30,35)(H,31,34)(H,32,40)(H,38,39)/t21-,22?/m0/s1. The number of imide groups is 1. The van der Waals surface area contributed by atoms with Crippen molar-refractivity contribution in [1.29, 1.82) is 0 Å². The first-order valence-electron chi connectivity index (χ1n) is 13.4. The lowest BCUT2D eigenvalue weighted by molar-refractivity contribution is -0.141. The molecule has 1 saturated heterocycles. The van der Waals surface area contributed by atoms with Crippen molar-refractivity contribution in [2.24, 2.45) is 0 Å². The Balaban J connectivity index is 1.17. The van der Waals surface area contributed by atoms with Crippen molar-refractivity contribution < 1.29 is 38.6 Å². The van der Waals surface area contributed by atoms with Gasteiger partial charge in [0.05, 0.1) is 16.8 Å². The zero-order chi connectivity index (χ0) is 30.9. The molecule has 2 aliphatic heterocycles. The first-order valence-corrected chi connectivity index (χ1v) is 15.9. The smallest absolute Gasteiger partial charge is 0.411 e. The first-order chi connectivity index (χ1) is 20.7. The number of carboxylic acid groups (broad SMARTS) is 1. The average Bonchev–Trinajstić information content (AvgIpc) is 3.22. The molecule has 4 N–H and O–H groups in total. The third-order valence-electron chi connectivity index (χ3n) is 6.63. The number of piperidine rings is 1. The summed E-state index contributed by atoms with van der Waals surface area (Å²) in [4.78, 5) is 75.6. The Morgan fingerprint density at radius 1 is 1.05 bits per heavy atom. The van der Waals surface area contributed by atoms with Crippen LogP contribution in [0.1, 0.15) is 45.5 Å². The zero-order valence-electron chi connectivity index (χ0n) is 23.0. The van der Waals surface area contributed by atoms with Crippen LogP contribution < -0.4 is 16.0 Å². The van der Waals surface area contributed by atoms with E-state index in [2.05, 4.69) is 22.5 Å². The fourth-order valence-corrected chi connectivity index (χ4v) is 6.40. The van der Waals surface area contributed by atoms with E-state index in [9.17, 15) is 33.9 Å². The number of aliphatic carboxylic acids is 1. The summed E-state index contributed by atoms with van der Waals surface area (Å²) >= 11 is 0. The number of carboxylic acids is 1. The number of nitrogens with one attached hydrogen (secondary N) is 3. The van der Waals surface area contributed by atoms with Crippen molar-refractivity contribution in [2.45, 2.75) is 37.8 Å². The molecule has 2 heterocycles. The largest absolute Gasteiger partial charge is 0.480 e. The van der Waals surface area contributed by atoms with Crippen molar-refractivity contribution >= 4 is 63.0 Å². The number of ether oxygens (including phenoxy) is 1. The monoisotopic (exact) mass is 626 g/mol. The molecule has 14 heteroatoms. The number of carbonyl (C=O) groups is 6. The van der Waals surface area contributed by atoms with Crippen LogP contribution in [0.3, 0.4) is 0 Å². The second kappa shape index (κ2) is 14.7. The van der Waals surface area contributed by atoms with Crippen molar-refractivity contribution in [3.05, 3.63) is 77.5 Å². The normalized spacial score (nSPS) is 16.7. The molecule has 0 radical (unpaired) electrons. The third kappa shape index (κ3) is 8.17. The van der Waals surface area contributed by atoms with Gasteiger partial charge in [0, 0.05) is 30.0 Å². The van der Waals surface area contributed by atoms with Crippen LogP contribution in [0.15, 0.2) is 60.8 Å². The number of amides is 5. The van der Waals surface area contributed by atoms with Crippen LogP contribution in [-0.4, -0.2) is 75.9 Å². The van der Waals surface area contributed by atoms with E-state index in [1.807, 2.05) is 6.07 Å². The number of allylic oxidation sites excluding steroid dienone is 1. The highest BCUT2D eigenvalue weighted by molar-refractivity contribution is 8.76. The van der Waals surface area contributed by atoms with Gasteiger partial charge in [-0.2, -0.15) is 0 Å². The summed E-state index contributed by atoms with van der Waals surface area (Å²) in [6, 6.07) is 11.5. The number of anilines is 1. The van der Waals surface area contributed by atoms with E-state index < -0.39 is 41.9 Å². The van der Waals surface area contributed by atoms with Gasteiger partial charge in [-0.1, -0.05) is 64.6 Å². The van der Waals surface area contributed by atoms with Crippen LogP contribution in [0, 0.1) is 0 Å². The summed E-state index contributed by atoms with van der Waals surface area (Å²) in [5, 5.41) is 17.0. The number of fused-ring (bicyclic) bond motifs is 1. The lowest BCUT2D eigenvalue weighted by Gasteiger charge is -2.29. The Hall–Kier alpha value is -4.30. The molecule has 0 aromatic heterocycles. The van der Waals surface area contributed by atoms with Crippen molar-refractivity contribution in [3.63, 3.8) is 0 Å². The molecule has 2 aromatic carbocycles. The second-order valence-corrected chi connectivity index (χ2v) is 12.4. The lowest BCUT2D eigenvalue weighted by Crippen LogP contribution is -2.51. The molecule has 0 saturated carbocycles. The van der Waals surface area contributed by atoms with Gasteiger partial charge in [-0.05, 0) is 30.5 Å². The highest BCUT2D eigenvalue weighted by Gasteiger charge is 2.45. The van der Waals surface area contributed by atoms with E-state index in [4.69, 9.17) is 4.74 Å². The maximum absolute atomic E-state index is 13.2. The summed E-state index contributed by atoms with van der Waals surface area (Å²) in [7, 11) is 2.75. The van der Waals surface area contributed by atoms with Crippen molar-refractivity contribution in [3.8, 4) is 0 Å². The summed E-state index contributed by atoms with van der Waals surface area (Å²) in [5.41, 5.74) is 1.52. The van der Waals surface area contributed by atoms with Crippen LogP contribution >= 0.6 is 21.6 Å². The zero-order valence-corrected chi connectivity index (χ0v) is 24.6. The summed E-state index contributed by atoms with van der Waals surface area (Å²) in [6.07, 6.45) is 0.189. The molecule has 0 aliphatic carbocycles. The topological polar surface area (TPSA) is 171 Å². The van der Waals surface area contributed by atoms with Gasteiger partial charge in [-0.3, -0.25) is 29.4 Å². The number of rotatable bonds is 13. The summed E-state index contributed by atoms with van der Waals surface area (Å²) < 4.78 is 5.19. The maximum atomic E-state index is 13.2. The minimum absolute atomic E-state index is 0.00115. The Morgan fingerprint density at radius 2 is 1.79 bits per heavy atom. The fraction of sp³-hybridized carbons (Fsp3) is 0.310. The SMILES string of the molecule is C=C1CCC(N2C(=O)c3cccc(NC(=O)OCCSSCCC(=O)N[C@@H](Cc4ccccc4)C(=O)O)c3C2=O)C(=O)N1. The molecule has 0 bridgehead atoms. The Bertz CT molecular complexity index is 1430. The molecule has 0 spiro atoms. The highest BCUT2D eigenvalue weighted by atomic mass is 33.1. The van der Waals surface area contributed by atoms with Gasteiger partial charge in [0.2, 0.25) is 11.8 Å². The molecule has 2 aliphatic rings. The van der Waals surface area contributed by atoms with Gasteiger partial charge < -0.3 is 20.5 Å². The van der Waals surface area contributed by atoms with Gasteiger partial charge >= 0.3 is 12.1 Å². The molecule has 226 valence electrons. The minimum atomic E-state index is -1.10. The molecule has 12 nitrogen and oxygen atoms in total. The van der Waals surface area contributed by atoms with Crippen LogP contribution in [0.2, 0.25) is 0 Å². The molecule has 1 unspecified atom stereocenters. The van der Waals surface area contributed by atoms with E-state index >= 15 is 0 Å². The van der Waals surface area contributed by atoms with E-state index in [0.29, 0.717) is 23.6 Å². The van der Waals surface area contributed by atoms with E-state index in [-0.39, 0.29) is 48.6 Å². The molecule has 5 amide bonds. The van der Waals surface area contributed by atoms with Gasteiger partial charge in [0.1, 0.15) is 18.7 Å². The van der Waals surface area contributed by atoms with Gasteiger partial charge in [0.25, 0.3) is 11.8 Å². The van der Waals surface area contributed by atoms with E-state index in [1.165, 1.54) is 39.8 Å². The van der Waals surface area contributed by atoms with Crippen LogP contribution in [-0.2, 0) is 25.5 Å². The minimum Gasteiger partial charge on any atom is -0.480 e. The number of benzene rings is 2. The van der Waals surface area contributed by atoms with E-state index in [0.717, 1.165) is 10.5 Å². The first kappa shape index (κ1) is 31.6. The van der Waals surface area contributed by atoms with Gasteiger partial charge in [-0.15, -0.1) is 0 Å². The number of carbonyl (C=O) groups excluding carboxylic acids is 5. The third-order valence-corrected chi connectivity index (χ3v) is 9.00. The number of nitrogens with zero attached hydrogens (tertiary/aromatic N) is 1. The Labute approximate surface area is 255 Å². The highest BCUT2D eigenvalue weighted by Crippen LogP contribution is 2.33. The summed E-state index contributed by atoms with van der Waals surface area (Å²) in [5.74, 6) is -2.41. The molecule has 1 fully saturated rings. The molecule has 43 heavy (non-hydrogen) atoms. The van der Waals surface area contributed by atoms with E-state index in [1.54, 1.807) is 24.3 Å². The molecule has 2 atom stereocenters. The fourth-order valence-electron chi connectivity index (χ4n) is 4.58. The van der Waals surface area contributed by atoms with Crippen molar-refractivity contribution in [1.82, 2.24) is 15.5 Å². The molecular formula is C29H30N4O8S2. The predicted molar refractivity (Wildman–Crippen MR) is 161 cm³/mol. The molecule has 2 aromatic rings. The molecule has 4 rings (SSSR count).